The molecule has 33 heteroatoms. The van der Waals surface area contributed by atoms with E-state index in [0.717, 1.165) is 186 Å². The van der Waals surface area contributed by atoms with Crippen molar-refractivity contribution >= 4 is 142 Å². The maximum Gasteiger partial charge on any atom is 2.00 e. The summed E-state index contributed by atoms with van der Waals surface area (Å²) in [6.45, 7) is 25.9. The Hall–Kier alpha value is -9.21. The number of carbonyl (C=O) groups excluding carboxylic acids is 6. The predicted molar refractivity (Wildman–Crippen MR) is 569 cm³/mol. The van der Waals surface area contributed by atoms with Gasteiger partial charge in [-0.3, -0.25) is 24.0 Å². The van der Waals surface area contributed by atoms with Crippen LogP contribution in [-0.2, 0) is 61.6 Å². The molecule has 0 bridgehead atoms. The molecule has 9 rings (SSSR count). The number of carboxylic acids is 1. The minimum absolute atomic E-state index is 0. The summed E-state index contributed by atoms with van der Waals surface area (Å²) in [4.78, 5) is 77.7. The summed E-state index contributed by atoms with van der Waals surface area (Å²) in [5.74, 6) is 4.48. The third-order valence-corrected chi connectivity index (χ3v) is 24.7. The smallest absolute Gasteiger partial charge is 1.00 e. The van der Waals surface area contributed by atoms with Gasteiger partial charge >= 0.3 is 41.0 Å². The van der Waals surface area contributed by atoms with Crippen LogP contribution in [0.5, 0.6) is 51.7 Å². The average Bonchev–Trinajstić information content (AvgIpc) is 0.766. The Morgan fingerprint density at radius 2 is 0.536 bits per heavy atom. The van der Waals surface area contributed by atoms with Crippen LogP contribution in [0.1, 0.15) is 183 Å². The van der Waals surface area contributed by atoms with Gasteiger partial charge in [0.1, 0.15) is 56.5 Å². The van der Waals surface area contributed by atoms with E-state index >= 15 is 0 Å². The van der Waals surface area contributed by atoms with Crippen LogP contribution >= 0.6 is 43.5 Å². The topological polar surface area (TPSA) is 309 Å². The zero-order valence-corrected chi connectivity index (χ0v) is 96.0. The molecular weight excluding hydrogens is 2080 g/mol. The fourth-order valence-electron chi connectivity index (χ4n) is 12.8. The summed E-state index contributed by atoms with van der Waals surface area (Å²) in [5.41, 5.74) is 4.52. The molecule has 0 aromatic heterocycles. The number of halogens is 4. The number of phenols is 1. The number of aromatic hydroxyl groups is 1. The largest absolute Gasteiger partial charge is 2.00 e. The second-order valence-corrected chi connectivity index (χ2v) is 55.4. The third-order valence-electron chi connectivity index (χ3n) is 19.6. The van der Waals surface area contributed by atoms with Gasteiger partial charge in [0.05, 0.1) is 80.7 Å². The second kappa shape index (κ2) is 70.5. The van der Waals surface area contributed by atoms with Crippen LogP contribution in [-0.4, -0.2) is 194 Å². The van der Waals surface area contributed by atoms with E-state index < -0.39 is 55.7 Å². The van der Waals surface area contributed by atoms with Crippen molar-refractivity contribution in [3.05, 3.63) is 269 Å². The predicted octanol–water partition coefficient (Wildman–Crippen LogP) is 22.3. The number of carbonyl (C=O) groups is 7. The maximum absolute atomic E-state index is 12.1. The monoisotopic (exact) mass is 2220 g/mol. The number of rotatable bonds is 48. The van der Waals surface area contributed by atoms with Crippen LogP contribution in [0, 0.1) is 6.07 Å². The number of carboxylic acid groups (broad SMARTS) is 1. The van der Waals surface area contributed by atoms with Gasteiger partial charge in [0.2, 0.25) is 33.3 Å². The van der Waals surface area contributed by atoms with E-state index in [1.165, 1.54) is 38.5 Å². The third kappa shape index (κ3) is 54.9. The van der Waals surface area contributed by atoms with Crippen molar-refractivity contribution in [2.24, 2.45) is 0 Å². The number of ether oxygens (including phenoxy) is 10. The molecule has 9 aromatic rings. The van der Waals surface area contributed by atoms with Gasteiger partial charge in [0.25, 0.3) is 23.9 Å². The molecule has 0 saturated carbocycles. The SMILES string of the molecule is COC(=O)c1ccc(O)cc1.COC(=O)c1ccc(OCCCCCC(=O)O[Si](C)(C)C)cc1.COc1cc[c-]cc1.COc1ccc(C(Cl)(c2ccc(OC)cc2)c2ccc(OCCCCCC(=O)O[Si](C)(C)C)cc2)cc1.COc1ccc(C(O)(c2ccc(OC)cc2)c2ccc(OCCCCCC(=O)O[Si](C)(C)C)cc2)cc1.C[Si](C)(C)OC(=O)CCCCCBr.O=C(O)CCCCCBr.[Br-].[Mg+2]. The molecule has 0 aliphatic heterocycles. The van der Waals surface area contributed by atoms with Gasteiger partial charge in [0.15, 0.2) is 0 Å². The van der Waals surface area contributed by atoms with Crippen molar-refractivity contribution in [2.75, 3.05) is 80.2 Å². The Morgan fingerprint density at radius 3 is 0.764 bits per heavy atom. The molecule has 0 aliphatic carbocycles. The molecule has 140 heavy (non-hydrogen) atoms. The fourth-order valence-corrected chi connectivity index (χ4v) is 17.1. The van der Waals surface area contributed by atoms with E-state index in [0.29, 0.717) is 63.1 Å². The van der Waals surface area contributed by atoms with Gasteiger partial charge < -0.3 is 97.4 Å². The Kier molecular flexibility index (Phi) is 64.8. The number of aliphatic carboxylic acids is 1. The molecule has 0 aliphatic rings. The molecule has 0 unspecified atom stereocenters. The zero-order valence-electron chi connectivity index (χ0n) is 85.1. The molecular formula is C107H146Br3ClMgO24Si4. The van der Waals surface area contributed by atoms with Crippen LogP contribution in [0.2, 0.25) is 78.6 Å². The quantitative estimate of drug-likeness (QED) is 0.00797. The summed E-state index contributed by atoms with van der Waals surface area (Å²) in [5, 5.41) is 31.1. The summed E-state index contributed by atoms with van der Waals surface area (Å²) < 4.78 is 74.4. The molecule has 764 valence electrons. The van der Waals surface area contributed by atoms with Gasteiger partial charge in [-0.1, -0.05) is 117 Å². The number of hydrogen-bond donors (Lipinski definition) is 3. The molecule has 0 saturated heterocycles. The van der Waals surface area contributed by atoms with Gasteiger partial charge in [-0.2, -0.15) is 18.2 Å². The summed E-state index contributed by atoms with van der Waals surface area (Å²) in [6, 6.07) is 68.8. The molecule has 0 amide bonds. The second-order valence-electron chi connectivity index (χ2n) is 35.5. The number of benzene rings is 9. The Morgan fingerprint density at radius 1 is 0.314 bits per heavy atom. The number of unbranched alkanes of at least 4 members (excludes halogenated alkanes) is 10. The van der Waals surface area contributed by atoms with E-state index in [1.54, 1.807) is 59.8 Å². The van der Waals surface area contributed by atoms with Crippen LogP contribution in [0.15, 0.2) is 218 Å². The Labute approximate surface area is 883 Å². The number of hydrogen-bond acceptors (Lipinski definition) is 23. The average molecular weight is 2230 g/mol. The molecule has 24 nitrogen and oxygen atoms in total. The Balaban J connectivity index is 0.000000879. The van der Waals surface area contributed by atoms with Crippen molar-refractivity contribution in [3.8, 4) is 51.7 Å². The summed E-state index contributed by atoms with van der Waals surface area (Å²) >= 11 is 14.1. The van der Waals surface area contributed by atoms with Crippen molar-refractivity contribution in [1.82, 2.24) is 0 Å². The van der Waals surface area contributed by atoms with Crippen molar-refractivity contribution in [2.45, 2.75) is 217 Å². The van der Waals surface area contributed by atoms with E-state index in [-0.39, 0.29) is 75.6 Å². The van der Waals surface area contributed by atoms with E-state index in [4.69, 9.17) is 77.4 Å². The van der Waals surface area contributed by atoms with Crippen molar-refractivity contribution in [1.29, 1.82) is 0 Å². The van der Waals surface area contributed by atoms with Gasteiger partial charge in [-0.25, -0.2) is 9.59 Å². The molecule has 0 spiro atoms. The first-order valence-corrected chi connectivity index (χ1v) is 62.6. The molecule has 9 aromatic carbocycles. The number of phenolic OH excluding ortho intramolecular Hbond substituents is 1. The van der Waals surface area contributed by atoms with Crippen LogP contribution < -0.4 is 54.9 Å². The first kappa shape index (κ1) is 129. The van der Waals surface area contributed by atoms with E-state index in [2.05, 4.69) is 47.4 Å². The minimum atomic E-state index is -1.81. The van der Waals surface area contributed by atoms with Gasteiger partial charge in [-0.05, 0) is 317 Å². The number of methoxy groups -OCH3 is 7. The molecule has 0 heterocycles. The van der Waals surface area contributed by atoms with Gasteiger partial charge in [-0.15, -0.1) is 23.7 Å². The molecule has 3 N–H and O–H groups in total. The van der Waals surface area contributed by atoms with Crippen LogP contribution in [0.25, 0.3) is 0 Å². The molecule has 0 radical (unpaired) electrons. The van der Waals surface area contributed by atoms with Gasteiger partial charge in [0, 0.05) is 48.5 Å². The number of alkyl halides is 3. The van der Waals surface area contributed by atoms with E-state index in [1.807, 2.05) is 248 Å². The van der Waals surface area contributed by atoms with Crippen molar-refractivity contribution < 1.29 is 131 Å². The zero-order chi connectivity index (χ0) is 103. The minimum Gasteiger partial charge on any atom is -1.00 e. The van der Waals surface area contributed by atoms with E-state index in [9.17, 15) is 38.7 Å². The Bertz CT molecular complexity index is 4640. The number of aliphatic hydroxyl groups is 1. The number of esters is 2. The summed E-state index contributed by atoms with van der Waals surface area (Å²) in [6.07, 6.45) is 16.1. The molecule has 0 fully saturated rings. The normalized spacial score (nSPS) is 10.8. The summed E-state index contributed by atoms with van der Waals surface area (Å²) in [7, 11) is 3.81. The standard InChI is InChI=1S/C30H37ClO5Si.C30H38O6Si.C17H26O5Si.C9H19BrO2Si.C8H8O3.C7H7O.C6H11BrO2.BrH.Mg/c1-33-26-16-10-23(11-17-26)30(31,24-12-18-27(34-2)19-13-24)25-14-20-28(21-15-25)35-22-8-6-7-9-29(32)36-37(3,4)5;1-33-26-16-10-23(11-17-26)30(32,24-12-18-27(34-2)19-13-24)25-14-20-28(21-15-25)35-22-8-6-7-9-29(31)36-37(3,4)5;1-20-17(19)14-9-11-15(12-10-14)21-13-7-5-6-8-16(18)22-23(2,3)4;1-13(2,3)12-9(11)7-5-4-6-8-10;1-11-8(10)6-2-4-7(9)5-3-6;1-8-7-5-3-2-4-6-7;7-5-3-1-2-4-6(8)9;;/h10-21H,6-9,22H2,1-5H3;10-21,32H,6-9,22H2,1-5H3;9-12H,5-8,13H2,1-4H3;4-8H2,1-3H3;2-5,9H,1H3;3-6H,1H3;1-5H2,(H,8,9);1H;/q;;;;;-1;;;+2/p-1. The van der Waals surface area contributed by atoms with Crippen LogP contribution in [0.4, 0.5) is 0 Å². The van der Waals surface area contributed by atoms with Crippen molar-refractivity contribution in [3.63, 3.8) is 0 Å². The fraction of sp³-hybridized carbons (Fsp3) is 0.430. The van der Waals surface area contributed by atoms with Crippen LogP contribution in [0.3, 0.4) is 0 Å². The maximum atomic E-state index is 12.1. The first-order chi connectivity index (χ1) is 65.5. The first-order valence-electron chi connectivity index (χ1n) is 46.4. The molecule has 0 atom stereocenters.